The van der Waals surface area contributed by atoms with Crippen LogP contribution in [0.15, 0.2) is 244 Å². The fraction of sp³-hybridized carbons (Fsp3) is 0.0606. The Labute approximate surface area is 409 Å². The number of rotatable bonds is 12. The van der Waals surface area contributed by atoms with Gasteiger partial charge < -0.3 is 15.2 Å². The smallest absolute Gasteiger partial charge is 0.0494 e. The normalized spacial score (nSPS) is 14.1. The van der Waals surface area contributed by atoms with Crippen molar-refractivity contribution in [3.05, 3.63) is 289 Å². The first kappa shape index (κ1) is 47.0. The van der Waals surface area contributed by atoms with Gasteiger partial charge in [0.25, 0.3) is 0 Å². The highest BCUT2D eigenvalue weighted by atomic mass is 15.0. The molecule has 0 atom stereocenters. The molecule has 0 unspecified atom stereocenters. The Kier molecular flexibility index (Phi) is 15.5. The molecule has 2 N–H and O–H groups in total. The van der Waals surface area contributed by atoms with Crippen molar-refractivity contribution >= 4 is 40.6 Å². The molecule has 0 spiro atoms. The van der Waals surface area contributed by atoms with Crippen LogP contribution in [-0.2, 0) is 6.42 Å². The second kappa shape index (κ2) is 22.8. The summed E-state index contributed by atoms with van der Waals surface area (Å²) in [5.74, 6) is 0. The van der Waals surface area contributed by atoms with Crippen LogP contribution in [0.4, 0.5) is 5.69 Å². The van der Waals surface area contributed by atoms with E-state index in [1.807, 2.05) is 38.5 Å². The van der Waals surface area contributed by atoms with Crippen LogP contribution in [0.25, 0.3) is 74.0 Å². The molecule has 3 heteroatoms. The van der Waals surface area contributed by atoms with Crippen molar-refractivity contribution in [1.82, 2.24) is 9.88 Å². The van der Waals surface area contributed by atoms with Gasteiger partial charge in [-0.25, -0.2) is 0 Å². The summed E-state index contributed by atoms with van der Waals surface area (Å²) >= 11 is 0. The molecule has 0 saturated heterocycles. The summed E-state index contributed by atoms with van der Waals surface area (Å²) in [4.78, 5) is 0. The molecule has 9 rings (SSSR count). The monoisotopic (exact) mass is 893 g/mol. The molecule has 8 aromatic rings. The maximum absolute atomic E-state index is 4.67. The van der Waals surface area contributed by atoms with Gasteiger partial charge in [0.1, 0.15) is 0 Å². The molecule has 338 valence electrons. The van der Waals surface area contributed by atoms with Crippen molar-refractivity contribution in [3.63, 3.8) is 0 Å². The first-order valence-electron chi connectivity index (χ1n) is 23.5. The van der Waals surface area contributed by atoms with E-state index in [9.17, 15) is 0 Å². The maximum atomic E-state index is 4.67. The molecule has 1 aliphatic rings. The number of benzene rings is 7. The van der Waals surface area contributed by atoms with Crippen molar-refractivity contribution in [2.45, 2.75) is 13.3 Å². The van der Waals surface area contributed by atoms with Crippen LogP contribution in [0.2, 0.25) is 0 Å². The lowest BCUT2D eigenvalue weighted by Gasteiger charge is -2.15. The van der Waals surface area contributed by atoms with Gasteiger partial charge in [-0.15, -0.1) is 0 Å². The zero-order valence-corrected chi connectivity index (χ0v) is 39.9. The largest absolute Gasteiger partial charge is 0.361 e. The number of aromatic nitrogens is 1. The highest BCUT2D eigenvalue weighted by Gasteiger charge is 2.20. The van der Waals surface area contributed by atoms with E-state index in [-0.39, 0.29) is 0 Å². The van der Waals surface area contributed by atoms with E-state index in [4.69, 9.17) is 0 Å². The van der Waals surface area contributed by atoms with Gasteiger partial charge >= 0.3 is 0 Å². The van der Waals surface area contributed by atoms with Crippen LogP contribution >= 0.6 is 0 Å². The lowest BCUT2D eigenvalue weighted by Crippen LogP contribution is -2.01. The van der Waals surface area contributed by atoms with Crippen LogP contribution in [0.1, 0.15) is 44.8 Å². The van der Waals surface area contributed by atoms with Gasteiger partial charge in [-0.1, -0.05) is 202 Å². The standard InChI is InChI=1S/C64H52N2.C2H7N/c1-5-7-12-33-61-59(47(4)66(64(61)6-2)58-43-56(50-27-17-10-18-28-50)42-57(44-58)51-29-19-11-20-30-51)36-34-46(3)52-35-37-63-62(45-52)60-32-22-21-31-54(60)41-55(49-25-15-9-16-26-49)40-53(38-39-65-63)48-23-13-8-14-24-48;1-3-2/h5-32,34-45,65H,1-3,33H2,4H3;3H,1-2H3/b12-7-,36-34-,39-38+,53-40+,55-41+;. The van der Waals surface area contributed by atoms with Crippen LogP contribution in [-0.4, -0.2) is 18.7 Å². The average molecular weight is 894 g/mol. The number of hydrogen-bond acceptors (Lipinski definition) is 2. The highest BCUT2D eigenvalue weighted by molar-refractivity contribution is 5.99. The molecule has 0 amide bonds. The van der Waals surface area contributed by atoms with Crippen LogP contribution in [0.3, 0.4) is 0 Å². The summed E-state index contributed by atoms with van der Waals surface area (Å²) in [5.41, 5.74) is 21.1. The summed E-state index contributed by atoms with van der Waals surface area (Å²) in [7, 11) is 3.75. The summed E-state index contributed by atoms with van der Waals surface area (Å²) in [6.07, 6.45) is 21.9. The summed E-state index contributed by atoms with van der Waals surface area (Å²) in [5, 5.41) is 6.41. The molecule has 0 fully saturated rings. The number of nitrogens with zero attached hydrogens (tertiary/aromatic N) is 1. The molecule has 3 nitrogen and oxygen atoms in total. The van der Waals surface area contributed by atoms with Crippen molar-refractivity contribution in [2.24, 2.45) is 0 Å². The molecule has 0 aliphatic carbocycles. The number of allylic oxidation sites excluding steroid dienone is 9. The molecule has 1 aromatic heterocycles. The minimum Gasteiger partial charge on any atom is -0.361 e. The molecular weight excluding hydrogens is 835 g/mol. The molecule has 0 bridgehead atoms. The van der Waals surface area contributed by atoms with Crippen molar-refractivity contribution < 1.29 is 0 Å². The van der Waals surface area contributed by atoms with E-state index in [0.717, 1.165) is 89.6 Å². The predicted molar refractivity (Wildman–Crippen MR) is 301 cm³/mol. The third-order valence-electron chi connectivity index (χ3n) is 12.2. The Bertz CT molecular complexity index is 3170. The number of fused-ring (bicyclic) bond motifs is 3. The van der Waals surface area contributed by atoms with Gasteiger partial charge in [0.15, 0.2) is 0 Å². The zero-order chi connectivity index (χ0) is 48.0. The molecule has 2 heterocycles. The SMILES string of the molecule is C=C/C=C\Cc1c(/C=C\C(=C)c2ccc3c(c2)-c2ccccc2\C=C(c2ccccc2)/C=C(c2ccccc2)\C=C\N3)c(C)n(-c2cc(-c3ccccc3)cc(-c3ccccc3)c2)c1C=C.CNC. The lowest BCUT2D eigenvalue weighted by molar-refractivity contribution is 0.996. The first-order valence-corrected chi connectivity index (χ1v) is 23.5. The fourth-order valence-corrected chi connectivity index (χ4v) is 8.89. The first-order chi connectivity index (χ1) is 33.9. The van der Waals surface area contributed by atoms with Gasteiger partial charge in [-0.05, 0) is 160 Å². The van der Waals surface area contributed by atoms with Crippen LogP contribution < -0.4 is 10.6 Å². The van der Waals surface area contributed by atoms with Gasteiger partial charge in [0.05, 0.1) is 0 Å². The van der Waals surface area contributed by atoms with E-state index < -0.39 is 0 Å². The summed E-state index contributed by atoms with van der Waals surface area (Å²) in [6, 6.07) is 64.5. The molecule has 0 radical (unpaired) electrons. The second-order valence-electron chi connectivity index (χ2n) is 16.9. The lowest BCUT2D eigenvalue weighted by atomic mass is 9.92. The summed E-state index contributed by atoms with van der Waals surface area (Å²) in [6.45, 7) is 15.2. The Morgan fingerprint density at radius 2 is 1.17 bits per heavy atom. The van der Waals surface area contributed by atoms with E-state index in [0.29, 0.717) is 6.42 Å². The van der Waals surface area contributed by atoms with Crippen molar-refractivity contribution in [2.75, 3.05) is 19.4 Å². The topological polar surface area (TPSA) is 29.0 Å². The molecule has 0 saturated carbocycles. The minimum absolute atomic E-state index is 0.714. The molecule has 1 aliphatic heterocycles. The molecule has 7 aromatic carbocycles. The Morgan fingerprint density at radius 3 is 1.77 bits per heavy atom. The summed E-state index contributed by atoms with van der Waals surface area (Å²) < 4.78 is 2.36. The average Bonchev–Trinajstić information content (AvgIpc) is 3.66. The van der Waals surface area contributed by atoms with E-state index in [2.05, 4.69) is 260 Å². The van der Waals surface area contributed by atoms with Crippen molar-refractivity contribution in [3.8, 4) is 39.1 Å². The molecule has 69 heavy (non-hydrogen) atoms. The predicted octanol–water partition coefficient (Wildman–Crippen LogP) is 16.8. The van der Waals surface area contributed by atoms with Crippen LogP contribution in [0, 0.1) is 6.92 Å². The number of hydrogen-bond donors (Lipinski definition) is 2. The van der Waals surface area contributed by atoms with Gasteiger partial charge in [-0.3, -0.25) is 0 Å². The third kappa shape index (κ3) is 11.0. The minimum atomic E-state index is 0.714. The third-order valence-corrected chi connectivity index (χ3v) is 12.2. The van der Waals surface area contributed by atoms with Crippen LogP contribution in [0.5, 0.6) is 0 Å². The van der Waals surface area contributed by atoms with Gasteiger partial charge in [0, 0.05) is 34.5 Å². The Hall–Kier alpha value is -8.50. The van der Waals surface area contributed by atoms with E-state index in [1.54, 1.807) is 0 Å². The maximum Gasteiger partial charge on any atom is 0.0494 e. The quantitative estimate of drug-likeness (QED) is 0.120. The Balaban J connectivity index is 0.00000209. The number of anilines is 1. The van der Waals surface area contributed by atoms with Gasteiger partial charge in [-0.2, -0.15) is 0 Å². The zero-order valence-electron chi connectivity index (χ0n) is 39.9. The van der Waals surface area contributed by atoms with Crippen molar-refractivity contribution in [1.29, 1.82) is 0 Å². The molecular formula is C66H59N3. The van der Waals surface area contributed by atoms with E-state index in [1.165, 1.54) is 16.7 Å². The number of nitrogens with one attached hydrogen (secondary N) is 2. The highest BCUT2D eigenvalue weighted by Crippen LogP contribution is 2.39. The van der Waals surface area contributed by atoms with Gasteiger partial charge in [0.2, 0.25) is 0 Å². The second-order valence-corrected chi connectivity index (χ2v) is 16.9. The van der Waals surface area contributed by atoms with E-state index >= 15 is 0 Å². The Morgan fingerprint density at radius 1 is 0.609 bits per heavy atom. The fourth-order valence-electron chi connectivity index (χ4n) is 8.89.